The zero-order chi connectivity index (χ0) is 19.2. The van der Waals surface area contributed by atoms with E-state index in [1.165, 1.54) is 11.1 Å². The van der Waals surface area contributed by atoms with Gasteiger partial charge in [0.05, 0.1) is 17.1 Å². The molecule has 3 rings (SSSR count). The van der Waals surface area contributed by atoms with E-state index in [4.69, 9.17) is 0 Å². The van der Waals surface area contributed by atoms with E-state index in [0.717, 1.165) is 54.8 Å². The summed E-state index contributed by atoms with van der Waals surface area (Å²) in [4.78, 5) is 15.7. The van der Waals surface area contributed by atoms with E-state index in [-0.39, 0.29) is 11.9 Å². The van der Waals surface area contributed by atoms with E-state index < -0.39 is 6.10 Å². The molecule has 4 heteroatoms. The first-order chi connectivity index (χ1) is 13.1. The number of rotatable bonds is 8. The fraction of sp³-hybridized carbons (Fsp3) is 0.522. The lowest BCUT2D eigenvalue weighted by Gasteiger charge is -2.35. The highest BCUT2D eigenvalue weighted by atomic mass is 32.1. The molecule has 0 bridgehead atoms. The van der Waals surface area contributed by atoms with Crippen LogP contribution in [0, 0.1) is 0 Å². The zero-order valence-corrected chi connectivity index (χ0v) is 17.3. The lowest BCUT2D eigenvalue weighted by molar-refractivity contribution is -0.120. The van der Waals surface area contributed by atoms with Gasteiger partial charge in [-0.1, -0.05) is 57.4 Å². The molecule has 27 heavy (non-hydrogen) atoms. The summed E-state index contributed by atoms with van der Waals surface area (Å²) in [6.45, 7) is 4.33. The first-order valence-electron chi connectivity index (χ1n) is 10.3. The Bertz CT molecular complexity index is 737. The number of hydrogen-bond donors (Lipinski definition) is 1. The van der Waals surface area contributed by atoms with Gasteiger partial charge in [-0.3, -0.25) is 9.69 Å². The van der Waals surface area contributed by atoms with Crippen molar-refractivity contribution in [2.24, 2.45) is 0 Å². The molecule has 0 spiro atoms. The van der Waals surface area contributed by atoms with Crippen molar-refractivity contribution >= 4 is 22.2 Å². The van der Waals surface area contributed by atoms with Crippen LogP contribution in [0.2, 0.25) is 0 Å². The number of aryl methyl sites for hydroxylation is 1. The summed E-state index contributed by atoms with van der Waals surface area (Å²) < 4.78 is 0. The number of thiophene rings is 1. The second-order valence-electron chi connectivity index (χ2n) is 7.45. The van der Waals surface area contributed by atoms with Crippen molar-refractivity contribution in [1.29, 1.82) is 0 Å². The van der Waals surface area contributed by atoms with E-state index >= 15 is 0 Å². The summed E-state index contributed by atoms with van der Waals surface area (Å²) in [6.07, 6.45) is 7.28. The van der Waals surface area contributed by atoms with Crippen LogP contribution in [-0.2, 0) is 11.2 Å². The lowest BCUT2D eigenvalue weighted by Crippen LogP contribution is -2.37. The molecule has 1 amide bonds. The van der Waals surface area contributed by atoms with Gasteiger partial charge in [0, 0.05) is 11.3 Å². The molecule has 3 nitrogen and oxygen atoms in total. The van der Waals surface area contributed by atoms with Crippen molar-refractivity contribution in [3.63, 3.8) is 0 Å². The quantitative estimate of drug-likeness (QED) is 0.551. The van der Waals surface area contributed by atoms with Crippen LogP contribution in [0.4, 0.5) is 5.00 Å². The maximum Gasteiger partial charge on any atom is 0.228 e. The number of benzene rings is 1. The molecule has 2 atom stereocenters. The van der Waals surface area contributed by atoms with Crippen molar-refractivity contribution < 1.29 is 9.90 Å². The molecule has 2 heterocycles. The fourth-order valence-corrected chi connectivity index (χ4v) is 4.91. The number of unbranched alkanes of at least 4 members (excludes halogenated alkanes) is 2. The first kappa shape index (κ1) is 20.1. The van der Waals surface area contributed by atoms with E-state index in [9.17, 15) is 9.90 Å². The minimum Gasteiger partial charge on any atom is -0.388 e. The highest BCUT2D eigenvalue weighted by Crippen LogP contribution is 2.41. The highest BCUT2D eigenvalue weighted by Gasteiger charge is 2.31. The number of hydrogen-bond acceptors (Lipinski definition) is 3. The number of aliphatic hydroxyl groups excluding tert-OH is 1. The Morgan fingerprint density at radius 1 is 1.15 bits per heavy atom. The molecule has 0 radical (unpaired) electrons. The van der Waals surface area contributed by atoms with Gasteiger partial charge in [0.15, 0.2) is 0 Å². The molecule has 0 aliphatic carbocycles. The molecule has 1 aromatic heterocycles. The molecular weight excluding hydrogens is 354 g/mol. The number of amides is 1. The predicted molar refractivity (Wildman–Crippen MR) is 113 cm³/mol. The van der Waals surface area contributed by atoms with Crippen LogP contribution >= 0.6 is 11.3 Å². The van der Waals surface area contributed by atoms with Gasteiger partial charge in [-0.25, -0.2) is 0 Å². The van der Waals surface area contributed by atoms with Crippen LogP contribution in [0.5, 0.6) is 0 Å². The van der Waals surface area contributed by atoms with Crippen LogP contribution in [-0.4, -0.2) is 11.0 Å². The number of carbonyl (C=O) groups excluding carboxylic acids is 1. The Kier molecular flexibility index (Phi) is 7.08. The van der Waals surface area contributed by atoms with Crippen molar-refractivity contribution in [3.05, 3.63) is 52.4 Å². The number of anilines is 1. The van der Waals surface area contributed by atoms with Gasteiger partial charge in [0.1, 0.15) is 0 Å². The Balaban J connectivity index is 1.80. The maximum absolute atomic E-state index is 12.8. The Hall–Kier alpha value is -1.65. The van der Waals surface area contributed by atoms with Crippen LogP contribution in [0.3, 0.4) is 0 Å². The number of aliphatic hydroxyl groups is 1. The summed E-state index contributed by atoms with van der Waals surface area (Å²) in [5.41, 5.74) is 2.53. The third kappa shape index (κ3) is 4.80. The van der Waals surface area contributed by atoms with E-state index in [1.54, 1.807) is 11.3 Å². The van der Waals surface area contributed by atoms with Crippen molar-refractivity contribution in [2.75, 3.05) is 4.90 Å². The van der Waals surface area contributed by atoms with Gasteiger partial charge in [0.25, 0.3) is 0 Å². The zero-order valence-electron chi connectivity index (χ0n) is 16.5. The molecule has 146 valence electrons. The van der Waals surface area contributed by atoms with Gasteiger partial charge in [-0.05, 0) is 48.9 Å². The van der Waals surface area contributed by atoms with Crippen molar-refractivity contribution in [2.45, 2.75) is 77.4 Å². The summed E-state index contributed by atoms with van der Waals surface area (Å²) in [5, 5.41) is 11.4. The minimum atomic E-state index is -0.419. The van der Waals surface area contributed by atoms with Crippen LogP contribution in [0.1, 0.15) is 86.9 Å². The van der Waals surface area contributed by atoms with Crippen LogP contribution < -0.4 is 4.90 Å². The van der Waals surface area contributed by atoms with Gasteiger partial charge in [-0.15, -0.1) is 11.3 Å². The first-order valence-corrected chi connectivity index (χ1v) is 11.1. The normalized spacial score (nSPS) is 18.7. The molecule has 1 aliphatic heterocycles. The Labute approximate surface area is 167 Å². The maximum atomic E-state index is 12.8. The molecule has 1 aromatic carbocycles. The largest absolute Gasteiger partial charge is 0.388 e. The Morgan fingerprint density at radius 3 is 2.63 bits per heavy atom. The van der Waals surface area contributed by atoms with E-state index in [0.29, 0.717) is 6.42 Å². The molecular formula is C23H31NO2S. The average molecular weight is 386 g/mol. The predicted octanol–water partition coefficient (Wildman–Crippen LogP) is 6.18. The Morgan fingerprint density at radius 2 is 1.93 bits per heavy atom. The summed E-state index contributed by atoms with van der Waals surface area (Å²) in [6, 6.07) is 12.8. The van der Waals surface area contributed by atoms with Crippen molar-refractivity contribution in [3.8, 4) is 0 Å². The summed E-state index contributed by atoms with van der Waals surface area (Å²) in [5.74, 6) is 0.194. The fourth-order valence-electron chi connectivity index (χ4n) is 3.82. The van der Waals surface area contributed by atoms with Gasteiger partial charge < -0.3 is 5.11 Å². The second-order valence-corrected chi connectivity index (χ2v) is 8.55. The summed E-state index contributed by atoms with van der Waals surface area (Å²) >= 11 is 1.57. The molecule has 1 saturated heterocycles. The van der Waals surface area contributed by atoms with E-state index in [2.05, 4.69) is 38.1 Å². The third-order valence-corrected chi connectivity index (χ3v) is 6.67. The monoisotopic (exact) mass is 385 g/mol. The summed E-state index contributed by atoms with van der Waals surface area (Å²) in [7, 11) is 0. The van der Waals surface area contributed by atoms with Gasteiger partial charge >= 0.3 is 0 Å². The third-order valence-electron chi connectivity index (χ3n) is 5.48. The average Bonchev–Trinajstić information content (AvgIpc) is 3.18. The highest BCUT2D eigenvalue weighted by molar-refractivity contribution is 7.16. The lowest BCUT2D eigenvalue weighted by atomic mass is 9.94. The molecule has 1 aliphatic rings. The van der Waals surface area contributed by atoms with E-state index in [1.807, 2.05) is 17.0 Å². The molecule has 2 aromatic rings. The molecule has 2 unspecified atom stereocenters. The van der Waals surface area contributed by atoms with Crippen molar-refractivity contribution in [1.82, 2.24) is 0 Å². The molecule has 0 saturated carbocycles. The minimum absolute atomic E-state index is 0.0980. The SMILES string of the molecule is CCCCCC(O)c1ccc(N2C(=O)CCCC2c2ccc(CC)cc2)s1. The van der Waals surface area contributed by atoms with Crippen LogP contribution in [0.15, 0.2) is 36.4 Å². The van der Waals surface area contributed by atoms with Gasteiger partial charge in [-0.2, -0.15) is 0 Å². The second kappa shape index (κ2) is 9.52. The van der Waals surface area contributed by atoms with Gasteiger partial charge in [0.2, 0.25) is 5.91 Å². The smallest absolute Gasteiger partial charge is 0.228 e. The standard InChI is InChI=1S/C23H31NO2S/c1-3-5-6-9-20(25)21-15-16-23(27-21)24-19(8-7-10-22(24)26)18-13-11-17(4-2)12-14-18/h11-16,19-20,25H,3-10H2,1-2H3. The number of piperidine rings is 1. The number of carbonyl (C=O) groups is 1. The number of nitrogens with zero attached hydrogens (tertiary/aromatic N) is 1. The molecule has 1 fully saturated rings. The molecule has 1 N–H and O–H groups in total. The topological polar surface area (TPSA) is 40.5 Å². The van der Waals surface area contributed by atoms with Crippen LogP contribution in [0.25, 0.3) is 0 Å².